The van der Waals surface area contributed by atoms with Crippen molar-refractivity contribution >= 4 is 67.4 Å². The van der Waals surface area contributed by atoms with Gasteiger partial charge in [-0.3, -0.25) is 20.4 Å². The van der Waals surface area contributed by atoms with Crippen LogP contribution in [0.25, 0.3) is 89.7 Å². The molecule has 0 aromatic carbocycles. The molecule has 24 nitrogen and oxygen atoms in total. The van der Waals surface area contributed by atoms with Gasteiger partial charge in [0.25, 0.3) is 0 Å². The number of alkyl halides is 12. The fourth-order valence-electron chi connectivity index (χ4n) is 15.3. The molecule has 0 bridgehead atoms. The molecule has 4 fully saturated rings. The van der Waals surface area contributed by atoms with Crippen LogP contribution in [0.4, 0.5) is 76.0 Å². The molecule has 0 radical (unpaired) electrons. The van der Waals surface area contributed by atoms with Crippen LogP contribution in [0.3, 0.4) is 0 Å². The van der Waals surface area contributed by atoms with Gasteiger partial charge >= 0.3 is 24.7 Å². The van der Waals surface area contributed by atoms with E-state index in [2.05, 4.69) is 108 Å². The first kappa shape index (κ1) is 79.4. The number of halogens is 12. The van der Waals surface area contributed by atoms with E-state index < -0.39 is 47.0 Å². The van der Waals surface area contributed by atoms with Gasteiger partial charge in [0.05, 0.1) is 45.0 Å². The molecule has 12 N–H and O–H groups in total. The molecular weight excluding hydrogens is 1480 g/mol. The van der Waals surface area contributed by atoms with Gasteiger partial charge in [-0.05, 0) is 146 Å². The number of anilines is 4. The molecule has 112 heavy (non-hydrogen) atoms. The van der Waals surface area contributed by atoms with Gasteiger partial charge in [0.15, 0.2) is 22.6 Å². The van der Waals surface area contributed by atoms with Crippen molar-refractivity contribution < 1.29 is 52.7 Å². The zero-order valence-corrected chi connectivity index (χ0v) is 61.5. The molecule has 0 saturated carbocycles. The van der Waals surface area contributed by atoms with Gasteiger partial charge in [-0.25, -0.2) is 39.9 Å². The van der Waals surface area contributed by atoms with E-state index in [9.17, 15) is 52.7 Å². The van der Waals surface area contributed by atoms with Gasteiger partial charge in [0.2, 0.25) is 0 Å². The summed E-state index contributed by atoms with van der Waals surface area (Å²) in [5.74, 6) is 3.22. The number of nitrogens with one attached hydrogen (secondary N) is 4. The third-order valence-electron chi connectivity index (χ3n) is 20.9. The van der Waals surface area contributed by atoms with E-state index in [1.165, 1.54) is 24.3 Å². The van der Waals surface area contributed by atoms with Crippen molar-refractivity contribution in [2.45, 2.75) is 128 Å². The summed E-state index contributed by atoms with van der Waals surface area (Å²) in [4.78, 5) is 41.8. The van der Waals surface area contributed by atoms with E-state index in [0.29, 0.717) is 143 Å². The van der Waals surface area contributed by atoms with Crippen LogP contribution in [0.1, 0.15) is 101 Å². The van der Waals surface area contributed by atoms with E-state index in [1.807, 2.05) is 19.6 Å². The summed E-state index contributed by atoms with van der Waals surface area (Å²) in [5.41, 5.74) is 23.2. The third kappa shape index (κ3) is 17.0. The molecule has 592 valence electrons. The second-order valence-electron chi connectivity index (χ2n) is 28.6. The number of nitrogens with zero attached hydrogens (tertiary/aromatic N) is 16. The molecule has 0 aliphatic carbocycles. The van der Waals surface area contributed by atoms with Crippen LogP contribution < -0.4 is 42.5 Å². The van der Waals surface area contributed by atoms with Crippen LogP contribution in [-0.2, 0) is 24.7 Å². The van der Waals surface area contributed by atoms with Gasteiger partial charge in [-0.2, -0.15) is 73.1 Å². The van der Waals surface area contributed by atoms with Crippen LogP contribution in [0.5, 0.6) is 0 Å². The highest BCUT2D eigenvalue weighted by molar-refractivity contribution is 5.94. The van der Waals surface area contributed by atoms with Crippen molar-refractivity contribution in [2.75, 3.05) is 72.0 Å². The monoisotopic (exact) mass is 1560 g/mol. The van der Waals surface area contributed by atoms with Gasteiger partial charge in [0.1, 0.15) is 46.0 Å². The molecule has 4 aliphatic rings. The number of fused-ring (bicyclic) bond motifs is 4. The Hall–Kier alpha value is -10.7. The Labute approximate surface area is 634 Å². The summed E-state index contributed by atoms with van der Waals surface area (Å²) in [7, 11) is 0. The van der Waals surface area contributed by atoms with Crippen molar-refractivity contribution in [3.63, 3.8) is 0 Å². The Morgan fingerprint density at radius 1 is 0.312 bits per heavy atom. The molecule has 8 atom stereocenters. The molecule has 0 amide bonds. The van der Waals surface area contributed by atoms with Gasteiger partial charge in [-0.1, -0.05) is 53.4 Å². The Kier molecular flexibility index (Phi) is 23.3. The highest BCUT2D eigenvalue weighted by Crippen LogP contribution is 2.45. The van der Waals surface area contributed by atoms with Gasteiger partial charge < -0.3 is 42.5 Å². The summed E-state index contributed by atoms with van der Waals surface area (Å²) < 4.78 is 164. The molecule has 36 heteroatoms. The number of rotatable bonds is 16. The second kappa shape index (κ2) is 32.9. The van der Waals surface area contributed by atoms with Crippen LogP contribution in [0.2, 0.25) is 0 Å². The maximum absolute atomic E-state index is 13.7. The summed E-state index contributed by atoms with van der Waals surface area (Å²) in [6.07, 6.45) is -3.94. The maximum Gasteiger partial charge on any atom is 0.418 e. The summed E-state index contributed by atoms with van der Waals surface area (Å²) in [5, 5.41) is 28.8. The molecule has 0 spiro atoms. The lowest BCUT2D eigenvalue weighted by molar-refractivity contribution is -0.138. The molecule has 16 heterocycles. The molecule has 12 aromatic heterocycles. The Bertz CT molecular complexity index is 4570. The number of nitrogens with two attached hydrogens (primary N) is 4. The topological polar surface area (TPSA) is 335 Å². The number of hydrogen-bond donors (Lipinski definition) is 8. The van der Waals surface area contributed by atoms with E-state index in [0.717, 1.165) is 75.6 Å². The lowest BCUT2D eigenvalue weighted by Gasteiger charge is -2.20. The van der Waals surface area contributed by atoms with Crippen molar-refractivity contribution in [3.05, 3.63) is 144 Å². The van der Waals surface area contributed by atoms with Gasteiger partial charge in [0, 0.05) is 123 Å². The largest absolute Gasteiger partial charge is 0.418 e. The first-order valence-electron chi connectivity index (χ1n) is 37.1. The fourth-order valence-corrected chi connectivity index (χ4v) is 15.3. The van der Waals surface area contributed by atoms with Crippen LogP contribution in [0, 0.1) is 23.7 Å². The highest BCUT2D eigenvalue weighted by atomic mass is 19.4. The molecule has 16 rings (SSSR count). The Morgan fingerprint density at radius 3 is 0.705 bits per heavy atom. The van der Waals surface area contributed by atoms with Crippen molar-refractivity contribution in [3.8, 4) is 45.6 Å². The smallest absolute Gasteiger partial charge is 0.355 e. The highest BCUT2D eigenvalue weighted by Gasteiger charge is 2.43. The van der Waals surface area contributed by atoms with E-state index in [-0.39, 0.29) is 69.7 Å². The minimum Gasteiger partial charge on any atom is -0.355 e. The maximum atomic E-state index is 13.7. The Morgan fingerprint density at radius 2 is 0.518 bits per heavy atom. The van der Waals surface area contributed by atoms with Crippen molar-refractivity contribution in [1.29, 1.82) is 0 Å². The number of H-pyrrole nitrogens is 4. The summed E-state index contributed by atoms with van der Waals surface area (Å²) in [6, 6.07) is 23.3. The number of aromatic amines is 4. The first-order valence-corrected chi connectivity index (χ1v) is 37.1. The molecule has 4 saturated heterocycles. The molecule has 4 aliphatic heterocycles. The van der Waals surface area contributed by atoms with Gasteiger partial charge in [-0.15, -0.1) is 0 Å². The predicted molar refractivity (Wildman–Crippen MR) is 403 cm³/mol. The Balaban J connectivity index is 0.000000131. The SMILES string of the molecule is CCC[C@@H]1CN(c2ccc(C(F)(F)F)c(-c3[nH]nc4ncccc34)n2)C[C@@H]1N.CCC[C@@H]1CN(c2ccc(C(F)(F)F)c(-c3[nH]nc4ncccc34)n2)C[C@H]1N.CCC[C@H]1CN(c2ccc(C(F)(F)F)c(-c3[nH]nc4ncccc34)n2)C[C@@H]1N.CCC[C@H]1CN(c2ccc(C(F)(F)F)c(-c3[nH]nc4ncccc34)n2)C[C@H]1N. The van der Waals surface area contributed by atoms with E-state index >= 15 is 0 Å². The average molecular weight is 1560 g/mol. The zero-order valence-electron chi connectivity index (χ0n) is 61.5. The predicted octanol–water partition coefficient (Wildman–Crippen LogP) is 14.4. The minimum absolute atomic E-state index is 0.00956. The summed E-state index contributed by atoms with van der Waals surface area (Å²) >= 11 is 0. The van der Waals surface area contributed by atoms with E-state index in [4.69, 9.17) is 22.9 Å². The number of pyridine rings is 8. The standard InChI is InChI=1S/4C19H21F3N6/c4*1-2-4-11-9-28(10-14(11)23)15-7-6-13(19(20,21)22)17(25-15)16-12-5-3-8-24-18(12)27-26-16/h4*3,5-8,11,14H,2,4,9-10,23H2,1H3,(H,24,26,27)/t2*11-,14+;2*11-,14-/m1010/s1. The van der Waals surface area contributed by atoms with Crippen LogP contribution in [-0.4, -0.2) is 157 Å². The number of hydrogen-bond acceptors (Lipinski definition) is 20. The molecule has 0 unspecified atom stereocenters. The second-order valence-corrected chi connectivity index (χ2v) is 28.6. The molecule has 12 aromatic rings. The van der Waals surface area contributed by atoms with Crippen LogP contribution in [0.15, 0.2) is 122 Å². The lowest BCUT2D eigenvalue weighted by atomic mass is 9.99. The average Bonchev–Trinajstić information content (AvgIpc) is 1.59. The van der Waals surface area contributed by atoms with Crippen LogP contribution >= 0.6 is 0 Å². The minimum atomic E-state index is -4.54. The third-order valence-corrected chi connectivity index (χ3v) is 20.9. The molecular formula is C76H84F12N24. The van der Waals surface area contributed by atoms with E-state index in [1.54, 1.807) is 73.3 Å². The normalized spacial score (nSPS) is 20.2. The quantitative estimate of drug-likeness (QED) is 0.0417. The fraction of sp³-hybridized carbons (Fsp3) is 0.421. The first-order chi connectivity index (χ1) is 53.5. The zero-order chi connectivity index (χ0) is 79.6. The number of aromatic nitrogens is 16. The van der Waals surface area contributed by atoms with Crippen molar-refractivity contribution in [2.24, 2.45) is 46.6 Å². The lowest BCUT2D eigenvalue weighted by Crippen LogP contribution is -2.29. The summed E-state index contributed by atoms with van der Waals surface area (Å²) in [6.45, 7) is 13.5. The van der Waals surface area contributed by atoms with Crippen molar-refractivity contribution in [1.82, 2.24) is 80.7 Å².